The first-order chi connectivity index (χ1) is 6.31. The molecule has 0 saturated carbocycles. The molecule has 0 radical (unpaired) electrons. The third-order valence-electron chi connectivity index (χ3n) is 1.51. The first kappa shape index (κ1) is 12.3. The predicted octanol–water partition coefficient (Wildman–Crippen LogP) is 2.17. The summed E-state index contributed by atoms with van der Waals surface area (Å²) in [4.78, 5) is 0. The number of hydrogen-bond acceptors (Lipinski definition) is 4. The second-order valence-electron chi connectivity index (χ2n) is 2.71. The van der Waals surface area contributed by atoms with Crippen molar-refractivity contribution in [3.05, 3.63) is 0 Å². The number of unbranched alkanes of at least 4 members (excludes halogenated alkanes) is 2. The zero-order valence-electron chi connectivity index (χ0n) is 7.99. The molecule has 0 fully saturated rings. The van der Waals surface area contributed by atoms with Gasteiger partial charge >= 0.3 is 0 Å². The lowest BCUT2D eigenvalue weighted by atomic mass is 10.3. The zero-order chi connectivity index (χ0) is 9.94. The molecule has 0 bridgehead atoms. The molecule has 0 aromatic heterocycles. The van der Waals surface area contributed by atoms with E-state index < -0.39 is 0 Å². The van der Waals surface area contributed by atoms with E-state index in [0.717, 1.165) is 25.1 Å². The maximum Gasteiger partial charge on any atom is 0.0622 e. The quantitative estimate of drug-likeness (QED) is 0.463. The van der Waals surface area contributed by atoms with Crippen molar-refractivity contribution in [3.8, 4) is 12.1 Å². The van der Waals surface area contributed by atoms with Crippen molar-refractivity contribution < 1.29 is 0 Å². The SMILES string of the molecule is CN(CCCC#N)SCCCC#N. The minimum atomic E-state index is 0.628. The molecule has 3 nitrogen and oxygen atoms in total. The predicted molar refractivity (Wildman–Crippen MR) is 54.8 cm³/mol. The van der Waals surface area contributed by atoms with Crippen molar-refractivity contribution >= 4 is 11.9 Å². The van der Waals surface area contributed by atoms with Gasteiger partial charge in [0.1, 0.15) is 0 Å². The molecular weight excluding hydrogens is 182 g/mol. The molecule has 0 aliphatic heterocycles. The fourth-order valence-corrected chi connectivity index (χ4v) is 1.66. The maximum absolute atomic E-state index is 8.31. The fraction of sp³-hybridized carbons (Fsp3) is 0.778. The van der Waals surface area contributed by atoms with Crippen LogP contribution < -0.4 is 0 Å². The van der Waals surface area contributed by atoms with E-state index in [1.807, 2.05) is 7.05 Å². The van der Waals surface area contributed by atoms with Gasteiger partial charge in [0.15, 0.2) is 0 Å². The van der Waals surface area contributed by atoms with Gasteiger partial charge in [0.25, 0.3) is 0 Å². The van der Waals surface area contributed by atoms with Crippen LogP contribution in [0.3, 0.4) is 0 Å². The Morgan fingerprint density at radius 1 is 1.15 bits per heavy atom. The lowest BCUT2D eigenvalue weighted by Crippen LogP contribution is -2.11. The minimum absolute atomic E-state index is 0.628. The number of hydrogen-bond donors (Lipinski definition) is 0. The van der Waals surface area contributed by atoms with E-state index >= 15 is 0 Å². The molecule has 0 N–H and O–H groups in total. The highest BCUT2D eigenvalue weighted by Crippen LogP contribution is 2.10. The highest BCUT2D eigenvalue weighted by molar-refractivity contribution is 7.96. The van der Waals surface area contributed by atoms with E-state index in [-0.39, 0.29) is 0 Å². The molecule has 0 rings (SSSR count). The van der Waals surface area contributed by atoms with Gasteiger partial charge in [-0.15, -0.1) is 0 Å². The Morgan fingerprint density at radius 2 is 1.77 bits per heavy atom. The van der Waals surface area contributed by atoms with E-state index in [4.69, 9.17) is 10.5 Å². The summed E-state index contributed by atoms with van der Waals surface area (Å²) in [5, 5.41) is 16.6. The van der Waals surface area contributed by atoms with Gasteiger partial charge in [0, 0.05) is 25.1 Å². The summed E-state index contributed by atoms with van der Waals surface area (Å²) in [6.07, 6.45) is 3.14. The van der Waals surface area contributed by atoms with Gasteiger partial charge in [-0.25, -0.2) is 0 Å². The zero-order valence-corrected chi connectivity index (χ0v) is 8.81. The van der Waals surface area contributed by atoms with Crippen molar-refractivity contribution in [1.29, 1.82) is 10.5 Å². The van der Waals surface area contributed by atoms with Crippen LogP contribution in [0, 0.1) is 22.7 Å². The molecule has 0 aliphatic carbocycles. The summed E-state index contributed by atoms with van der Waals surface area (Å²) in [6, 6.07) is 4.24. The normalized spacial score (nSPS) is 9.54. The first-order valence-corrected chi connectivity index (χ1v) is 5.33. The van der Waals surface area contributed by atoms with E-state index in [0.29, 0.717) is 12.8 Å². The van der Waals surface area contributed by atoms with Gasteiger partial charge in [0.05, 0.1) is 12.1 Å². The van der Waals surface area contributed by atoms with Crippen LogP contribution in [0.1, 0.15) is 25.7 Å². The Balaban J connectivity index is 3.17. The molecule has 0 aromatic carbocycles. The Labute approximate surface area is 84.5 Å². The van der Waals surface area contributed by atoms with Gasteiger partial charge in [-0.05, 0) is 19.9 Å². The van der Waals surface area contributed by atoms with Crippen LogP contribution in [0.15, 0.2) is 0 Å². The van der Waals surface area contributed by atoms with Crippen molar-refractivity contribution in [2.24, 2.45) is 0 Å². The summed E-state index contributed by atoms with van der Waals surface area (Å²) < 4.78 is 2.13. The van der Waals surface area contributed by atoms with E-state index in [1.54, 1.807) is 11.9 Å². The van der Waals surface area contributed by atoms with Crippen LogP contribution in [0.25, 0.3) is 0 Å². The van der Waals surface area contributed by atoms with Gasteiger partial charge in [-0.2, -0.15) is 10.5 Å². The Kier molecular flexibility index (Phi) is 8.87. The van der Waals surface area contributed by atoms with E-state index in [9.17, 15) is 0 Å². The van der Waals surface area contributed by atoms with E-state index in [1.165, 1.54) is 0 Å². The summed E-state index contributed by atoms with van der Waals surface area (Å²) in [5.74, 6) is 0.997. The summed E-state index contributed by atoms with van der Waals surface area (Å²) in [5.41, 5.74) is 0. The maximum atomic E-state index is 8.31. The van der Waals surface area contributed by atoms with Gasteiger partial charge < -0.3 is 0 Å². The molecule has 0 saturated heterocycles. The number of nitrogens with zero attached hydrogens (tertiary/aromatic N) is 3. The fourth-order valence-electron chi connectivity index (χ4n) is 0.817. The van der Waals surface area contributed by atoms with Crippen molar-refractivity contribution in [2.75, 3.05) is 19.3 Å². The van der Waals surface area contributed by atoms with E-state index in [2.05, 4.69) is 16.4 Å². The third kappa shape index (κ3) is 9.20. The molecular formula is C9H15N3S. The van der Waals surface area contributed by atoms with Crippen LogP contribution >= 0.6 is 11.9 Å². The molecule has 0 atom stereocenters. The number of rotatable bonds is 7. The highest BCUT2D eigenvalue weighted by atomic mass is 32.2. The molecule has 4 heteroatoms. The topological polar surface area (TPSA) is 50.8 Å². The molecule has 0 spiro atoms. The Bertz CT molecular complexity index is 192. The Morgan fingerprint density at radius 3 is 2.38 bits per heavy atom. The number of nitriles is 2. The van der Waals surface area contributed by atoms with Crippen molar-refractivity contribution in [1.82, 2.24) is 4.31 Å². The van der Waals surface area contributed by atoms with Crippen molar-refractivity contribution in [3.63, 3.8) is 0 Å². The first-order valence-electron chi connectivity index (χ1n) is 4.39. The van der Waals surface area contributed by atoms with Crippen LogP contribution in [-0.4, -0.2) is 23.7 Å². The standard InChI is InChI=1S/C9H15N3S/c1-12(8-4-2-6-10)13-9-5-3-7-11/h2-5,8-9H2,1H3. The lowest BCUT2D eigenvalue weighted by molar-refractivity contribution is 0.546. The van der Waals surface area contributed by atoms with Crippen LogP contribution in [0.2, 0.25) is 0 Å². The minimum Gasteiger partial charge on any atom is -0.254 e. The second kappa shape index (κ2) is 9.38. The van der Waals surface area contributed by atoms with Gasteiger partial charge in [-0.3, -0.25) is 4.31 Å². The monoisotopic (exact) mass is 197 g/mol. The van der Waals surface area contributed by atoms with Crippen LogP contribution in [0.5, 0.6) is 0 Å². The van der Waals surface area contributed by atoms with Crippen LogP contribution in [0.4, 0.5) is 0 Å². The molecule has 0 unspecified atom stereocenters. The van der Waals surface area contributed by atoms with Crippen molar-refractivity contribution in [2.45, 2.75) is 25.7 Å². The largest absolute Gasteiger partial charge is 0.254 e. The molecule has 0 aromatic rings. The molecule has 72 valence electrons. The summed E-state index contributed by atoms with van der Waals surface area (Å²) >= 11 is 1.74. The summed E-state index contributed by atoms with van der Waals surface area (Å²) in [7, 11) is 2.02. The second-order valence-corrected chi connectivity index (χ2v) is 4.00. The lowest BCUT2D eigenvalue weighted by Gasteiger charge is -2.13. The highest BCUT2D eigenvalue weighted by Gasteiger charge is 1.97. The molecule has 0 aliphatic rings. The molecule has 0 amide bonds. The van der Waals surface area contributed by atoms with Crippen LogP contribution in [-0.2, 0) is 0 Å². The van der Waals surface area contributed by atoms with Gasteiger partial charge in [-0.1, -0.05) is 11.9 Å². The smallest absolute Gasteiger partial charge is 0.0622 e. The molecule has 0 heterocycles. The van der Waals surface area contributed by atoms with Gasteiger partial charge in [0.2, 0.25) is 0 Å². The average molecular weight is 197 g/mol. The Hall–Kier alpha value is -0.710. The summed E-state index contributed by atoms with van der Waals surface area (Å²) in [6.45, 7) is 0.949. The molecule has 13 heavy (non-hydrogen) atoms. The average Bonchev–Trinajstić information content (AvgIpc) is 2.13. The third-order valence-corrected chi connectivity index (χ3v) is 2.60.